The maximum Gasteiger partial charge on any atom is 0.220 e. The minimum atomic E-state index is 0. The molecule has 0 saturated carbocycles. The molecule has 0 spiro atoms. The number of aryl methyl sites for hydroxylation is 2. The number of halogens is 1. The quantitative estimate of drug-likeness (QED) is 0.871. The molecule has 1 amide bonds. The molecule has 108 valence electrons. The molecule has 0 radical (unpaired) electrons. The first-order chi connectivity index (χ1) is 8.58. The van der Waals surface area contributed by atoms with Crippen LogP contribution in [0.2, 0.25) is 0 Å². The molecule has 19 heavy (non-hydrogen) atoms. The smallest absolute Gasteiger partial charge is 0.220 e. The molecule has 2 heterocycles. The molecule has 1 unspecified atom stereocenters. The Balaban J connectivity index is 0.00000180. The zero-order valence-electron chi connectivity index (χ0n) is 11.8. The molecule has 1 saturated heterocycles. The fourth-order valence-electron chi connectivity index (χ4n) is 2.48. The first kappa shape index (κ1) is 16.0. The molecule has 0 aliphatic carbocycles. The number of rotatable bonds is 4. The van der Waals surface area contributed by atoms with Crippen molar-refractivity contribution in [2.24, 2.45) is 13.0 Å². The lowest BCUT2D eigenvalue weighted by atomic mass is 10.0. The fraction of sp³-hybridized carbons (Fsp3) is 0.692. The van der Waals surface area contributed by atoms with Crippen LogP contribution >= 0.6 is 12.4 Å². The molecule has 1 aromatic rings. The summed E-state index contributed by atoms with van der Waals surface area (Å²) >= 11 is 0. The highest BCUT2D eigenvalue weighted by Gasteiger charge is 2.18. The molecule has 2 rings (SSSR count). The molecule has 2 N–H and O–H groups in total. The Labute approximate surface area is 120 Å². The number of aromatic nitrogens is 2. The lowest BCUT2D eigenvalue weighted by Gasteiger charge is -2.09. The van der Waals surface area contributed by atoms with E-state index >= 15 is 0 Å². The molecule has 0 bridgehead atoms. The predicted molar refractivity (Wildman–Crippen MR) is 77.4 cm³/mol. The van der Waals surface area contributed by atoms with Crippen molar-refractivity contribution in [2.75, 3.05) is 13.1 Å². The maximum absolute atomic E-state index is 11.8. The molecule has 1 fully saturated rings. The normalized spacial score (nSPS) is 18.2. The molecular weight excluding hydrogens is 264 g/mol. The average molecular weight is 287 g/mol. The van der Waals surface area contributed by atoms with Gasteiger partial charge in [0.2, 0.25) is 5.91 Å². The summed E-state index contributed by atoms with van der Waals surface area (Å²) in [4.78, 5) is 11.8. The van der Waals surface area contributed by atoms with E-state index in [0.717, 1.165) is 36.5 Å². The van der Waals surface area contributed by atoms with E-state index in [4.69, 9.17) is 0 Å². The Hall–Kier alpha value is -1.07. The van der Waals surface area contributed by atoms with E-state index in [-0.39, 0.29) is 18.3 Å². The molecule has 0 aromatic carbocycles. The standard InChI is InChI=1S/C13H22N4O.ClH/c1-9-12(10(2)17(3)16-9)8-15-13(18)6-11-4-5-14-7-11;/h11,14H,4-8H2,1-3H3,(H,15,18);1H. The van der Waals surface area contributed by atoms with Crippen LogP contribution in [0, 0.1) is 19.8 Å². The van der Waals surface area contributed by atoms with Crippen LogP contribution in [0.1, 0.15) is 29.8 Å². The summed E-state index contributed by atoms with van der Waals surface area (Å²) in [5, 5.41) is 10.6. The van der Waals surface area contributed by atoms with Gasteiger partial charge < -0.3 is 10.6 Å². The van der Waals surface area contributed by atoms with Crippen molar-refractivity contribution in [1.82, 2.24) is 20.4 Å². The molecular formula is C13H23ClN4O. The van der Waals surface area contributed by atoms with Crippen molar-refractivity contribution in [3.8, 4) is 0 Å². The van der Waals surface area contributed by atoms with E-state index in [0.29, 0.717) is 18.9 Å². The van der Waals surface area contributed by atoms with Crippen molar-refractivity contribution in [3.05, 3.63) is 17.0 Å². The highest BCUT2D eigenvalue weighted by Crippen LogP contribution is 2.13. The number of carbonyl (C=O) groups excluding carboxylic acids is 1. The van der Waals surface area contributed by atoms with Gasteiger partial charge in [0.1, 0.15) is 0 Å². The second-order valence-corrected chi connectivity index (χ2v) is 5.11. The Morgan fingerprint density at radius 1 is 1.53 bits per heavy atom. The summed E-state index contributed by atoms with van der Waals surface area (Å²) < 4.78 is 1.86. The monoisotopic (exact) mass is 286 g/mol. The topological polar surface area (TPSA) is 59.0 Å². The molecule has 1 aliphatic heterocycles. The Morgan fingerprint density at radius 3 is 2.79 bits per heavy atom. The lowest BCUT2D eigenvalue weighted by molar-refractivity contribution is -0.122. The minimum Gasteiger partial charge on any atom is -0.352 e. The zero-order valence-corrected chi connectivity index (χ0v) is 12.6. The predicted octanol–water partition coefficient (Wildman–Crippen LogP) is 1.07. The molecule has 5 nitrogen and oxygen atoms in total. The van der Waals surface area contributed by atoms with E-state index in [1.54, 1.807) is 0 Å². The Bertz CT molecular complexity index is 438. The van der Waals surface area contributed by atoms with Crippen LogP contribution in [-0.4, -0.2) is 28.8 Å². The number of nitrogens with one attached hydrogen (secondary N) is 2. The van der Waals surface area contributed by atoms with Crippen LogP contribution in [0.3, 0.4) is 0 Å². The first-order valence-electron chi connectivity index (χ1n) is 6.54. The number of hydrogen-bond donors (Lipinski definition) is 2. The van der Waals surface area contributed by atoms with Gasteiger partial charge in [-0.3, -0.25) is 9.48 Å². The van der Waals surface area contributed by atoms with Crippen LogP contribution in [0.4, 0.5) is 0 Å². The van der Waals surface area contributed by atoms with Gasteiger partial charge in [-0.15, -0.1) is 12.4 Å². The number of nitrogens with zero attached hydrogens (tertiary/aromatic N) is 2. The van der Waals surface area contributed by atoms with Crippen molar-refractivity contribution in [1.29, 1.82) is 0 Å². The Kier molecular flexibility index (Phi) is 5.82. The number of hydrogen-bond acceptors (Lipinski definition) is 3. The van der Waals surface area contributed by atoms with Gasteiger partial charge in [-0.25, -0.2) is 0 Å². The van der Waals surface area contributed by atoms with Crippen LogP contribution in [0.15, 0.2) is 0 Å². The van der Waals surface area contributed by atoms with Crippen LogP contribution in [-0.2, 0) is 18.4 Å². The molecule has 6 heteroatoms. The molecule has 1 atom stereocenters. The minimum absolute atomic E-state index is 0. The van der Waals surface area contributed by atoms with Gasteiger partial charge in [0.05, 0.1) is 5.69 Å². The molecule has 1 aliphatic rings. The fourth-order valence-corrected chi connectivity index (χ4v) is 2.48. The van der Waals surface area contributed by atoms with Gasteiger partial charge in [-0.1, -0.05) is 0 Å². The van der Waals surface area contributed by atoms with Gasteiger partial charge in [0.15, 0.2) is 0 Å². The van der Waals surface area contributed by atoms with Crippen molar-refractivity contribution in [3.63, 3.8) is 0 Å². The maximum atomic E-state index is 11.8. The van der Waals surface area contributed by atoms with Crippen molar-refractivity contribution < 1.29 is 4.79 Å². The largest absolute Gasteiger partial charge is 0.352 e. The van der Waals surface area contributed by atoms with Gasteiger partial charge in [-0.2, -0.15) is 5.10 Å². The summed E-state index contributed by atoms with van der Waals surface area (Å²) in [5.41, 5.74) is 3.25. The summed E-state index contributed by atoms with van der Waals surface area (Å²) in [5.74, 6) is 0.646. The summed E-state index contributed by atoms with van der Waals surface area (Å²) in [6.45, 7) is 6.61. The summed E-state index contributed by atoms with van der Waals surface area (Å²) in [7, 11) is 1.93. The second-order valence-electron chi connectivity index (χ2n) is 5.11. The molecule has 1 aromatic heterocycles. The summed E-state index contributed by atoms with van der Waals surface area (Å²) in [6.07, 6.45) is 1.74. The van der Waals surface area contributed by atoms with E-state index < -0.39 is 0 Å². The van der Waals surface area contributed by atoms with Crippen LogP contribution < -0.4 is 10.6 Å². The first-order valence-corrected chi connectivity index (χ1v) is 6.54. The third kappa shape index (κ3) is 3.94. The highest BCUT2D eigenvalue weighted by atomic mass is 35.5. The van der Waals surface area contributed by atoms with Crippen molar-refractivity contribution in [2.45, 2.75) is 33.2 Å². The van der Waals surface area contributed by atoms with Gasteiger partial charge in [0, 0.05) is 31.3 Å². The highest BCUT2D eigenvalue weighted by molar-refractivity contribution is 5.85. The summed E-state index contributed by atoms with van der Waals surface area (Å²) in [6, 6.07) is 0. The van der Waals surface area contributed by atoms with Gasteiger partial charge in [0.25, 0.3) is 0 Å². The second kappa shape index (κ2) is 6.91. The van der Waals surface area contributed by atoms with E-state index in [9.17, 15) is 4.79 Å². The van der Waals surface area contributed by atoms with E-state index in [1.807, 2.05) is 25.6 Å². The lowest BCUT2D eigenvalue weighted by Crippen LogP contribution is -2.26. The van der Waals surface area contributed by atoms with E-state index in [2.05, 4.69) is 15.7 Å². The van der Waals surface area contributed by atoms with Gasteiger partial charge in [-0.05, 0) is 39.3 Å². The Morgan fingerprint density at radius 2 is 2.26 bits per heavy atom. The zero-order chi connectivity index (χ0) is 13.1. The third-order valence-corrected chi connectivity index (χ3v) is 3.76. The van der Waals surface area contributed by atoms with Crippen LogP contribution in [0.5, 0.6) is 0 Å². The van der Waals surface area contributed by atoms with Crippen molar-refractivity contribution >= 4 is 18.3 Å². The van der Waals surface area contributed by atoms with Crippen LogP contribution in [0.25, 0.3) is 0 Å². The SMILES string of the molecule is Cc1nn(C)c(C)c1CNC(=O)CC1CCNC1.Cl. The third-order valence-electron chi connectivity index (χ3n) is 3.76. The number of carbonyl (C=O) groups is 1. The van der Waals surface area contributed by atoms with E-state index in [1.165, 1.54) is 0 Å². The average Bonchev–Trinajstić information content (AvgIpc) is 2.88. The number of amides is 1. The van der Waals surface area contributed by atoms with Gasteiger partial charge >= 0.3 is 0 Å².